The van der Waals surface area contributed by atoms with E-state index >= 15 is 0 Å². The van der Waals surface area contributed by atoms with Crippen LogP contribution in [0.1, 0.15) is 50.0 Å². The van der Waals surface area contributed by atoms with E-state index in [1.54, 1.807) is 24.3 Å². The van der Waals surface area contributed by atoms with Crippen molar-refractivity contribution < 1.29 is 23.9 Å². The number of aryl methyl sites for hydroxylation is 1. The van der Waals surface area contributed by atoms with Crippen molar-refractivity contribution >= 4 is 51.0 Å². The van der Waals surface area contributed by atoms with Crippen molar-refractivity contribution in [3.05, 3.63) is 129 Å². The van der Waals surface area contributed by atoms with E-state index in [0.29, 0.717) is 11.4 Å². The van der Waals surface area contributed by atoms with Gasteiger partial charge in [-0.3, -0.25) is 14.4 Å². The van der Waals surface area contributed by atoms with Gasteiger partial charge in [0.15, 0.2) is 6.61 Å². The zero-order valence-corrected chi connectivity index (χ0v) is 24.1. The van der Waals surface area contributed by atoms with Gasteiger partial charge in [-0.15, -0.1) is 0 Å². The number of rotatable bonds is 5. The molecule has 7 nitrogen and oxygen atoms in total. The van der Waals surface area contributed by atoms with Crippen LogP contribution in [0.2, 0.25) is 0 Å². The van der Waals surface area contributed by atoms with Crippen LogP contribution in [0.3, 0.4) is 0 Å². The Kier molecular flexibility index (Phi) is 6.31. The Labute approximate surface area is 250 Å². The number of hydrogen-bond acceptors (Lipinski definition) is 5. The highest BCUT2D eigenvalue weighted by atomic mass is 79.9. The third-order valence-electron chi connectivity index (χ3n) is 8.59. The van der Waals surface area contributed by atoms with Crippen molar-refractivity contribution in [2.75, 3.05) is 16.8 Å². The molecule has 1 N–H and O–H groups in total. The molecule has 1 heterocycles. The molecular weight excluding hydrogens is 596 g/mol. The molecule has 1 saturated heterocycles. The second kappa shape index (κ2) is 10.1. The van der Waals surface area contributed by atoms with Crippen molar-refractivity contribution in [1.82, 2.24) is 0 Å². The predicted molar refractivity (Wildman–Crippen MR) is 160 cm³/mol. The Morgan fingerprint density at radius 2 is 1.36 bits per heavy atom. The fourth-order valence-corrected chi connectivity index (χ4v) is 7.35. The minimum atomic E-state index is -0.726. The van der Waals surface area contributed by atoms with Crippen LogP contribution in [0.15, 0.2) is 95.5 Å². The summed E-state index contributed by atoms with van der Waals surface area (Å²) in [7, 11) is 0. The number of anilines is 2. The average molecular weight is 621 g/mol. The maximum atomic E-state index is 14.0. The van der Waals surface area contributed by atoms with Crippen LogP contribution in [0, 0.1) is 18.8 Å². The third-order valence-corrected chi connectivity index (χ3v) is 9.08. The minimum absolute atomic E-state index is 0.144. The molecule has 2 atom stereocenters. The standard InChI is InChI=1S/C34H25BrN2O5/c1-18-15-20(35)13-14-26(18)36-27(38)17-42-34(41)19-7-6-8-21(16-19)37-32(39)30-28-22-9-2-3-10-23(22)29(31(30)33(37)40)25-12-5-4-11-24(25)28/h2-16,28-31H,17H2,1H3,(H,36,38)/t28?,29?,30-,31-/m1/s1. The van der Waals surface area contributed by atoms with E-state index in [1.165, 1.54) is 17.0 Å². The molecule has 4 aliphatic rings. The van der Waals surface area contributed by atoms with Crippen molar-refractivity contribution in [3.63, 3.8) is 0 Å². The Balaban J connectivity index is 1.13. The van der Waals surface area contributed by atoms with Crippen molar-refractivity contribution in [3.8, 4) is 0 Å². The number of imide groups is 1. The van der Waals surface area contributed by atoms with Gasteiger partial charge in [0, 0.05) is 22.0 Å². The van der Waals surface area contributed by atoms with Crippen molar-refractivity contribution in [1.29, 1.82) is 0 Å². The van der Waals surface area contributed by atoms with Crippen molar-refractivity contribution in [2.24, 2.45) is 11.8 Å². The molecule has 8 heteroatoms. The highest BCUT2D eigenvalue weighted by Gasteiger charge is 2.61. The Bertz CT molecular complexity index is 1700. The van der Waals surface area contributed by atoms with Crippen LogP contribution in [-0.2, 0) is 19.1 Å². The lowest BCUT2D eigenvalue weighted by Crippen LogP contribution is -2.41. The van der Waals surface area contributed by atoms with Gasteiger partial charge >= 0.3 is 5.97 Å². The Morgan fingerprint density at radius 1 is 0.786 bits per heavy atom. The monoisotopic (exact) mass is 620 g/mol. The molecule has 0 spiro atoms. The van der Waals surface area contributed by atoms with Gasteiger partial charge in [-0.25, -0.2) is 9.69 Å². The molecule has 1 aliphatic heterocycles. The average Bonchev–Trinajstić information content (AvgIpc) is 3.27. The fraction of sp³-hybridized carbons (Fsp3) is 0.176. The van der Waals surface area contributed by atoms with E-state index in [1.807, 2.05) is 37.3 Å². The number of amides is 3. The lowest BCUT2D eigenvalue weighted by atomic mass is 9.55. The first-order valence-corrected chi connectivity index (χ1v) is 14.5. The summed E-state index contributed by atoms with van der Waals surface area (Å²) in [6.45, 7) is 1.38. The SMILES string of the molecule is Cc1cc(Br)ccc1NC(=O)COC(=O)c1cccc(N2C(=O)[C@@H]3C4c5ccccc5C(c5ccccc54)[C@H]3C2=O)c1. The molecule has 0 radical (unpaired) electrons. The molecule has 1 fully saturated rings. The molecule has 0 unspecified atom stereocenters. The lowest BCUT2D eigenvalue weighted by molar-refractivity contribution is -0.122. The van der Waals surface area contributed by atoms with Gasteiger partial charge in [0.25, 0.3) is 5.91 Å². The van der Waals surface area contributed by atoms with Gasteiger partial charge in [0.1, 0.15) is 0 Å². The van der Waals surface area contributed by atoms with Gasteiger partial charge in [-0.2, -0.15) is 0 Å². The predicted octanol–water partition coefficient (Wildman–Crippen LogP) is 5.95. The molecule has 3 amide bonds. The first kappa shape index (κ1) is 26.3. The molecule has 2 bridgehead atoms. The number of carbonyl (C=O) groups excluding carboxylic acids is 4. The van der Waals surface area contributed by atoms with E-state index in [-0.39, 0.29) is 29.2 Å². The Morgan fingerprint density at radius 3 is 1.90 bits per heavy atom. The second-order valence-corrected chi connectivity index (χ2v) is 11.8. The number of benzene rings is 4. The number of carbonyl (C=O) groups is 4. The number of nitrogens with one attached hydrogen (secondary N) is 1. The zero-order valence-electron chi connectivity index (χ0n) is 22.5. The van der Waals surface area contributed by atoms with Crippen molar-refractivity contribution in [2.45, 2.75) is 18.8 Å². The lowest BCUT2D eigenvalue weighted by Gasteiger charge is -2.45. The highest BCUT2D eigenvalue weighted by Crippen LogP contribution is 2.61. The van der Waals surface area contributed by atoms with Gasteiger partial charge in [-0.05, 0) is 71.1 Å². The van der Waals surface area contributed by atoms with Crippen LogP contribution in [0.25, 0.3) is 0 Å². The van der Waals surface area contributed by atoms with Crippen LogP contribution >= 0.6 is 15.9 Å². The molecular formula is C34H25BrN2O5. The van der Waals surface area contributed by atoms with Crippen LogP contribution in [0.4, 0.5) is 11.4 Å². The summed E-state index contributed by atoms with van der Waals surface area (Å²) in [6, 6.07) is 27.9. The smallest absolute Gasteiger partial charge is 0.338 e. The van der Waals surface area contributed by atoms with Crippen LogP contribution in [-0.4, -0.2) is 30.3 Å². The maximum Gasteiger partial charge on any atom is 0.338 e. The number of ether oxygens (including phenoxy) is 1. The molecule has 4 aromatic carbocycles. The summed E-state index contributed by atoms with van der Waals surface area (Å²) < 4.78 is 6.16. The quantitative estimate of drug-likeness (QED) is 0.220. The first-order valence-electron chi connectivity index (χ1n) is 13.7. The molecule has 0 aromatic heterocycles. The zero-order chi connectivity index (χ0) is 29.1. The van der Waals surface area contributed by atoms with E-state index in [9.17, 15) is 19.2 Å². The molecule has 4 aromatic rings. The maximum absolute atomic E-state index is 14.0. The molecule has 8 rings (SSSR count). The van der Waals surface area contributed by atoms with Gasteiger partial charge in [0.05, 0.1) is 23.1 Å². The summed E-state index contributed by atoms with van der Waals surface area (Å²) in [5.41, 5.74) is 6.32. The highest BCUT2D eigenvalue weighted by molar-refractivity contribution is 9.10. The molecule has 3 aliphatic carbocycles. The summed E-state index contributed by atoms with van der Waals surface area (Å²) in [5.74, 6) is -3.20. The van der Waals surface area contributed by atoms with E-state index in [0.717, 1.165) is 32.3 Å². The van der Waals surface area contributed by atoms with E-state index in [2.05, 4.69) is 45.5 Å². The van der Waals surface area contributed by atoms with Gasteiger partial charge < -0.3 is 10.1 Å². The second-order valence-electron chi connectivity index (χ2n) is 10.9. The molecule has 208 valence electrons. The largest absolute Gasteiger partial charge is 0.452 e. The number of hydrogen-bond donors (Lipinski definition) is 1. The minimum Gasteiger partial charge on any atom is -0.452 e. The summed E-state index contributed by atoms with van der Waals surface area (Å²) in [4.78, 5) is 54.6. The van der Waals surface area contributed by atoms with E-state index in [4.69, 9.17) is 4.74 Å². The molecule has 0 saturated carbocycles. The number of halogens is 1. The summed E-state index contributed by atoms with van der Waals surface area (Å²) in [6.07, 6.45) is 0. The third kappa shape index (κ3) is 4.09. The first-order chi connectivity index (χ1) is 20.3. The topological polar surface area (TPSA) is 92.8 Å². The fourth-order valence-electron chi connectivity index (χ4n) is 6.87. The van der Waals surface area contributed by atoms with Gasteiger partial charge in [0.2, 0.25) is 11.8 Å². The number of esters is 1. The molecule has 42 heavy (non-hydrogen) atoms. The summed E-state index contributed by atoms with van der Waals surface area (Å²) in [5, 5.41) is 2.74. The number of nitrogens with zero attached hydrogens (tertiary/aromatic N) is 1. The normalized spacial score (nSPS) is 21.4. The van der Waals surface area contributed by atoms with Crippen LogP contribution < -0.4 is 10.2 Å². The summed E-state index contributed by atoms with van der Waals surface area (Å²) >= 11 is 3.39. The van der Waals surface area contributed by atoms with E-state index < -0.39 is 30.3 Å². The van der Waals surface area contributed by atoms with Crippen LogP contribution in [0.5, 0.6) is 0 Å². The van der Waals surface area contributed by atoms with Gasteiger partial charge in [-0.1, -0.05) is 70.5 Å². The Hall–Kier alpha value is -4.56.